The van der Waals surface area contributed by atoms with Gasteiger partial charge in [-0.15, -0.1) is 11.3 Å². The van der Waals surface area contributed by atoms with E-state index in [4.69, 9.17) is 0 Å². The molecular formula is C20H15N3S2. The van der Waals surface area contributed by atoms with Crippen LogP contribution < -0.4 is 0 Å². The highest BCUT2D eigenvalue weighted by molar-refractivity contribution is 8.05. The molecule has 0 aliphatic heterocycles. The lowest BCUT2D eigenvalue weighted by atomic mass is 10.1. The first kappa shape index (κ1) is 15.9. The summed E-state index contributed by atoms with van der Waals surface area (Å²) in [5.74, 6) is 0. The standard InChI is InChI=1S/C20H15N3S2/c1-13-16(15-7-3-5-9-18(15)23(13)2)11-14(12-21)24-20-22-17-8-4-6-10-19(17)25-20/h3-11H,1-2H3/b14-11+. The van der Waals surface area contributed by atoms with Crippen LogP contribution in [0.25, 0.3) is 27.2 Å². The quantitative estimate of drug-likeness (QED) is 0.344. The third-order valence-corrected chi connectivity index (χ3v) is 6.33. The van der Waals surface area contributed by atoms with Crippen molar-refractivity contribution in [2.24, 2.45) is 7.05 Å². The van der Waals surface area contributed by atoms with Crippen molar-refractivity contribution in [1.29, 1.82) is 5.26 Å². The maximum atomic E-state index is 9.62. The Morgan fingerprint density at radius 3 is 2.76 bits per heavy atom. The molecule has 2 aromatic carbocycles. The number of aromatic nitrogens is 2. The van der Waals surface area contributed by atoms with Gasteiger partial charge in [0.15, 0.2) is 4.34 Å². The van der Waals surface area contributed by atoms with E-state index in [9.17, 15) is 5.26 Å². The average Bonchev–Trinajstić information content (AvgIpc) is 3.15. The molecule has 0 saturated heterocycles. The van der Waals surface area contributed by atoms with E-state index >= 15 is 0 Å². The van der Waals surface area contributed by atoms with Gasteiger partial charge in [-0.1, -0.05) is 30.3 Å². The van der Waals surface area contributed by atoms with Crippen LogP contribution >= 0.6 is 23.1 Å². The predicted molar refractivity (Wildman–Crippen MR) is 107 cm³/mol. The number of aryl methyl sites for hydroxylation is 1. The van der Waals surface area contributed by atoms with Crippen molar-refractivity contribution in [1.82, 2.24) is 9.55 Å². The van der Waals surface area contributed by atoms with Crippen LogP contribution in [0.1, 0.15) is 11.3 Å². The second-order valence-corrected chi connectivity index (χ2v) is 8.06. The highest BCUT2D eigenvalue weighted by Gasteiger charge is 2.12. The van der Waals surface area contributed by atoms with Gasteiger partial charge in [-0.2, -0.15) is 5.26 Å². The number of hydrogen-bond donors (Lipinski definition) is 0. The molecular weight excluding hydrogens is 346 g/mol. The zero-order valence-electron chi connectivity index (χ0n) is 13.9. The first-order chi connectivity index (χ1) is 12.2. The summed E-state index contributed by atoms with van der Waals surface area (Å²) in [4.78, 5) is 5.27. The molecule has 2 heterocycles. The number of rotatable bonds is 3. The predicted octanol–water partition coefficient (Wildman–Crippen LogP) is 5.75. The monoisotopic (exact) mass is 361 g/mol. The van der Waals surface area contributed by atoms with Crippen molar-refractivity contribution in [3.8, 4) is 6.07 Å². The third-order valence-electron chi connectivity index (χ3n) is 4.31. The van der Waals surface area contributed by atoms with Crippen molar-refractivity contribution in [3.63, 3.8) is 0 Å². The van der Waals surface area contributed by atoms with Gasteiger partial charge in [0.25, 0.3) is 0 Å². The largest absolute Gasteiger partial charge is 0.347 e. The lowest BCUT2D eigenvalue weighted by Crippen LogP contribution is -1.90. The molecule has 0 spiro atoms. The number of fused-ring (bicyclic) bond motifs is 2. The first-order valence-corrected chi connectivity index (χ1v) is 9.50. The van der Waals surface area contributed by atoms with Crippen molar-refractivity contribution in [2.45, 2.75) is 11.3 Å². The molecule has 0 radical (unpaired) electrons. The summed E-state index contributed by atoms with van der Waals surface area (Å²) >= 11 is 3.05. The van der Waals surface area contributed by atoms with Gasteiger partial charge in [-0.25, -0.2) is 4.98 Å². The molecule has 0 fully saturated rings. The van der Waals surface area contributed by atoms with Gasteiger partial charge in [0.1, 0.15) is 6.07 Å². The van der Waals surface area contributed by atoms with E-state index < -0.39 is 0 Å². The fourth-order valence-electron chi connectivity index (χ4n) is 2.94. The molecule has 2 aromatic heterocycles. The van der Waals surface area contributed by atoms with Crippen LogP contribution in [0.4, 0.5) is 0 Å². The fraction of sp³-hybridized carbons (Fsp3) is 0.100. The number of nitrogens with zero attached hydrogens (tertiary/aromatic N) is 3. The van der Waals surface area contributed by atoms with Gasteiger partial charge < -0.3 is 4.57 Å². The van der Waals surface area contributed by atoms with Crippen LogP contribution in [0, 0.1) is 18.3 Å². The Morgan fingerprint density at radius 2 is 1.96 bits per heavy atom. The maximum Gasteiger partial charge on any atom is 0.156 e. The summed E-state index contributed by atoms with van der Waals surface area (Å²) in [6.07, 6.45) is 1.98. The van der Waals surface area contributed by atoms with Crippen molar-refractivity contribution < 1.29 is 0 Å². The van der Waals surface area contributed by atoms with Gasteiger partial charge in [-0.05, 0) is 43.0 Å². The van der Waals surface area contributed by atoms with Crippen LogP contribution in [-0.2, 0) is 7.05 Å². The normalized spacial score (nSPS) is 12.0. The van der Waals surface area contributed by atoms with Crippen LogP contribution in [0.5, 0.6) is 0 Å². The molecule has 4 aromatic rings. The smallest absolute Gasteiger partial charge is 0.156 e. The highest BCUT2D eigenvalue weighted by atomic mass is 32.2. The number of allylic oxidation sites excluding steroid dienone is 1. The number of nitriles is 1. The van der Waals surface area contributed by atoms with Gasteiger partial charge in [0.2, 0.25) is 0 Å². The minimum absolute atomic E-state index is 0.651. The molecule has 0 amide bonds. The lowest BCUT2D eigenvalue weighted by Gasteiger charge is -1.99. The Morgan fingerprint density at radius 1 is 1.20 bits per heavy atom. The van der Waals surface area contributed by atoms with Crippen molar-refractivity contribution >= 4 is 50.3 Å². The van der Waals surface area contributed by atoms with E-state index in [1.807, 2.05) is 36.4 Å². The van der Waals surface area contributed by atoms with E-state index in [1.165, 1.54) is 22.7 Å². The van der Waals surface area contributed by atoms with Crippen LogP contribution in [-0.4, -0.2) is 9.55 Å². The van der Waals surface area contributed by atoms with Crippen LogP contribution in [0.3, 0.4) is 0 Å². The zero-order chi connectivity index (χ0) is 17.4. The molecule has 0 unspecified atom stereocenters. The second kappa shape index (κ2) is 6.40. The Hall–Kier alpha value is -2.55. The molecule has 122 valence electrons. The van der Waals surface area contributed by atoms with Gasteiger partial charge >= 0.3 is 0 Å². The van der Waals surface area contributed by atoms with E-state index in [0.717, 1.165) is 25.8 Å². The molecule has 0 atom stereocenters. The van der Waals surface area contributed by atoms with Gasteiger partial charge in [-0.3, -0.25) is 0 Å². The molecule has 3 nitrogen and oxygen atoms in total. The Balaban J connectivity index is 1.76. The molecule has 0 bridgehead atoms. The molecule has 0 aliphatic carbocycles. The summed E-state index contributed by atoms with van der Waals surface area (Å²) in [5.41, 5.74) is 4.41. The zero-order valence-corrected chi connectivity index (χ0v) is 15.5. The van der Waals surface area contributed by atoms with Crippen LogP contribution in [0.2, 0.25) is 0 Å². The molecule has 4 rings (SSSR count). The van der Waals surface area contributed by atoms with Crippen LogP contribution in [0.15, 0.2) is 57.8 Å². The topological polar surface area (TPSA) is 41.6 Å². The van der Waals surface area contributed by atoms with E-state index in [2.05, 4.69) is 47.8 Å². The summed E-state index contributed by atoms with van der Waals surface area (Å²) in [7, 11) is 2.06. The van der Waals surface area contributed by atoms with E-state index in [-0.39, 0.29) is 0 Å². The molecule has 25 heavy (non-hydrogen) atoms. The highest BCUT2D eigenvalue weighted by Crippen LogP contribution is 2.36. The van der Waals surface area contributed by atoms with E-state index in [0.29, 0.717) is 4.91 Å². The Labute approximate surface area is 154 Å². The van der Waals surface area contributed by atoms with Gasteiger partial charge in [0.05, 0.1) is 15.1 Å². The second-order valence-electron chi connectivity index (χ2n) is 5.75. The molecule has 0 aliphatic rings. The fourth-order valence-corrected chi connectivity index (χ4v) is 4.89. The summed E-state index contributed by atoms with van der Waals surface area (Å²) in [6.45, 7) is 2.09. The minimum Gasteiger partial charge on any atom is -0.347 e. The minimum atomic E-state index is 0.651. The average molecular weight is 361 g/mol. The van der Waals surface area contributed by atoms with Crippen molar-refractivity contribution in [3.05, 3.63) is 64.7 Å². The SMILES string of the molecule is Cc1c(/C=C(\C#N)Sc2nc3ccccc3s2)c2ccccc2n1C. The third kappa shape index (κ3) is 2.84. The molecule has 5 heteroatoms. The van der Waals surface area contributed by atoms with E-state index in [1.54, 1.807) is 11.3 Å². The summed E-state index contributed by atoms with van der Waals surface area (Å²) in [6, 6.07) is 18.7. The number of thiazole rings is 1. The number of para-hydroxylation sites is 2. The first-order valence-electron chi connectivity index (χ1n) is 7.86. The molecule has 0 N–H and O–H groups in total. The van der Waals surface area contributed by atoms with Crippen molar-refractivity contribution in [2.75, 3.05) is 0 Å². The van der Waals surface area contributed by atoms with Gasteiger partial charge in [0, 0.05) is 29.2 Å². The number of hydrogen-bond acceptors (Lipinski definition) is 4. The summed E-state index contributed by atoms with van der Waals surface area (Å²) < 4.78 is 4.20. The lowest BCUT2D eigenvalue weighted by molar-refractivity contribution is 0.916. The summed E-state index contributed by atoms with van der Waals surface area (Å²) in [5, 5.41) is 10.8. The molecule has 0 saturated carbocycles. The Bertz CT molecular complexity index is 1130. The Kier molecular flexibility index (Phi) is 4.08. The number of thioether (sulfide) groups is 1. The number of benzene rings is 2. The maximum absolute atomic E-state index is 9.62.